The van der Waals surface area contributed by atoms with Crippen molar-refractivity contribution in [2.75, 3.05) is 4.90 Å². The Hall–Kier alpha value is -2.78. The largest absolute Gasteiger partial charge is 0.453 e. The van der Waals surface area contributed by atoms with Crippen LogP contribution < -0.4 is 9.64 Å². The lowest BCUT2D eigenvalue weighted by Crippen LogP contribution is -2.23. The average Bonchev–Trinajstić information content (AvgIpc) is 2.59. The molecule has 4 rings (SSSR count). The maximum Gasteiger partial charge on any atom is 0.151 e. The van der Waals surface area contributed by atoms with Crippen molar-refractivity contribution in [2.45, 2.75) is 19.4 Å². The molecule has 0 bridgehead atoms. The monoisotopic (exact) mass is 317 g/mol. The van der Waals surface area contributed by atoms with Crippen LogP contribution in [0.2, 0.25) is 0 Å². The second-order valence-corrected chi connectivity index (χ2v) is 6.45. The van der Waals surface area contributed by atoms with Crippen LogP contribution in [0.3, 0.4) is 0 Å². The fourth-order valence-electron chi connectivity index (χ4n) is 3.15. The van der Waals surface area contributed by atoms with Gasteiger partial charge < -0.3 is 14.7 Å². The summed E-state index contributed by atoms with van der Waals surface area (Å²) in [5, 5.41) is 10.6. The van der Waals surface area contributed by atoms with E-state index in [0.29, 0.717) is 0 Å². The van der Waals surface area contributed by atoms with Crippen molar-refractivity contribution in [3.8, 4) is 11.5 Å². The van der Waals surface area contributed by atoms with Gasteiger partial charge in [-0.3, -0.25) is 0 Å². The maximum absolute atomic E-state index is 10.6. The zero-order chi connectivity index (χ0) is 16.7. The second kappa shape index (κ2) is 5.39. The summed E-state index contributed by atoms with van der Waals surface area (Å²) in [5.74, 6) is 1.61. The smallest absolute Gasteiger partial charge is 0.151 e. The Morgan fingerprint density at radius 2 is 1.17 bits per heavy atom. The van der Waals surface area contributed by atoms with Gasteiger partial charge in [-0.2, -0.15) is 0 Å². The van der Waals surface area contributed by atoms with E-state index >= 15 is 0 Å². The fraction of sp³-hybridized carbons (Fsp3) is 0.143. The van der Waals surface area contributed by atoms with Crippen LogP contribution in [0.5, 0.6) is 11.5 Å². The molecule has 3 nitrogen and oxygen atoms in total. The van der Waals surface area contributed by atoms with Gasteiger partial charge in [0.05, 0.1) is 22.7 Å². The third kappa shape index (κ3) is 2.34. The predicted molar refractivity (Wildman–Crippen MR) is 96.4 cm³/mol. The van der Waals surface area contributed by atoms with Gasteiger partial charge in [0.1, 0.15) is 0 Å². The summed E-state index contributed by atoms with van der Waals surface area (Å²) in [7, 11) is 0. The van der Waals surface area contributed by atoms with Crippen molar-refractivity contribution in [1.82, 2.24) is 0 Å². The van der Waals surface area contributed by atoms with Gasteiger partial charge in [-0.1, -0.05) is 42.5 Å². The summed E-state index contributed by atoms with van der Waals surface area (Å²) in [6.07, 6.45) is 0. The van der Waals surface area contributed by atoms with Crippen molar-refractivity contribution in [1.29, 1.82) is 0 Å². The van der Waals surface area contributed by atoms with Crippen molar-refractivity contribution in [2.24, 2.45) is 0 Å². The highest BCUT2D eigenvalue weighted by Gasteiger charge is 2.29. The van der Waals surface area contributed by atoms with Crippen molar-refractivity contribution in [3.05, 3.63) is 78.4 Å². The van der Waals surface area contributed by atoms with Crippen molar-refractivity contribution < 1.29 is 9.84 Å². The van der Waals surface area contributed by atoms with E-state index < -0.39 is 5.60 Å². The SMILES string of the molecule is CC(C)(O)c1ccccc1N1c2ccccc2Oc2ccccc21. The molecule has 0 aliphatic carbocycles. The first-order chi connectivity index (χ1) is 11.6. The number of ether oxygens (including phenoxy) is 1. The number of hydrogen-bond donors (Lipinski definition) is 1. The number of nitrogens with zero attached hydrogens (tertiary/aromatic N) is 1. The van der Waals surface area contributed by atoms with Gasteiger partial charge in [-0.05, 0) is 44.2 Å². The third-order valence-corrected chi connectivity index (χ3v) is 4.24. The molecular formula is C21H19NO2. The maximum atomic E-state index is 10.6. The molecule has 0 unspecified atom stereocenters. The summed E-state index contributed by atoms with van der Waals surface area (Å²) in [5.41, 5.74) is 2.81. The number of anilines is 3. The molecular weight excluding hydrogens is 298 g/mol. The molecule has 1 aliphatic rings. The van der Waals surface area contributed by atoms with E-state index in [1.54, 1.807) is 0 Å². The summed E-state index contributed by atoms with van der Waals surface area (Å²) in [4.78, 5) is 2.15. The molecule has 1 N–H and O–H groups in total. The van der Waals surface area contributed by atoms with Crippen LogP contribution in [0.25, 0.3) is 0 Å². The summed E-state index contributed by atoms with van der Waals surface area (Å²) < 4.78 is 6.05. The van der Waals surface area contributed by atoms with Crippen LogP contribution in [0, 0.1) is 0 Å². The van der Waals surface area contributed by atoms with E-state index in [-0.39, 0.29) is 0 Å². The Balaban J connectivity index is 2.00. The standard InChI is InChI=1S/C21H19NO2/c1-21(2,23)15-9-3-4-10-16(15)22-17-11-5-7-13-19(17)24-20-14-8-6-12-18(20)22/h3-14,23H,1-2H3. The Labute approximate surface area is 141 Å². The van der Waals surface area contributed by atoms with E-state index in [0.717, 1.165) is 34.1 Å². The Morgan fingerprint density at radius 3 is 1.71 bits per heavy atom. The van der Waals surface area contributed by atoms with Gasteiger partial charge in [0.2, 0.25) is 0 Å². The fourth-order valence-corrected chi connectivity index (χ4v) is 3.15. The zero-order valence-corrected chi connectivity index (χ0v) is 13.7. The van der Waals surface area contributed by atoms with Gasteiger partial charge in [-0.25, -0.2) is 0 Å². The molecule has 0 aromatic heterocycles. The number of benzene rings is 3. The summed E-state index contributed by atoms with van der Waals surface area (Å²) in [6.45, 7) is 3.62. The van der Waals surface area contributed by atoms with Gasteiger partial charge in [0.25, 0.3) is 0 Å². The first kappa shape index (κ1) is 14.8. The zero-order valence-electron chi connectivity index (χ0n) is 13.7. The second-order valence-electron chi connectivity index (χ2n) is 6.45. The molecule has 24 heavy (non-hydrogen) atoms. The molecule has 1 aliphatic heterocycles. The Kier molecular flexibility index (Phi) is 3.32. The first-order valence-corrected chi connectivity index (χ1v) is 8.03. The molecule has 0 saturated carbocycles. The number of hydrogen-bond acceptors (Lipinski definition) is 3. The van der Waals surface area contributed by atoms with E-state index in [4.69, 9.17) is 4.74 Å². The molecule has 0 atom stereocenters. The van der Waals surface area contributed by atoms with E-state index in [9.17, 15) is 5.11 Å². The number of fused-ring (bicyclic) bond motifs is 2. The minimum Gasteiger partial charge on any atom is -0.453 e. The summed E-state index contributed by atoms with van der Waals surface area (Å²) >= 11 is 0. The average molecular weight is 317 g/mol. The Bertz CT molecular complexity index is 851. The predicted octanol–water partition coefficient (Wildman–Crippen LogP) is 5.49. The number of para-hydroxylation sites is 5. The molecule has 0 saturated heterocycles. The molecule has 3 heteroatoms. The van der Waals surface area contributed by atoms with Crippen molar-refractivity contribution in [3.63, 3.8) is 0 Å². The van der Waals surface area contributed by atoms with E-state index in [1.165, 1.54) is 0 Å². The highest BCUT2D eigenvalue weighted by Crippen LogP contribution is 2.51. The quantitative estimate of drug-likeness (QED) is 0.530. The van der Waals surface area contributed by atoms with Gasteiger partial charge in [-0.15, -0.1) is 0 Å². The molecule has 0 spiro atoms. The lowest BCUT2D eigenvalue weighted by atomic mass is 9.95. The minimum absolute atomic E-state index is 0.807. The lowest BCUT2D eigenvalue weighted by molar-refractivity contribution is 0.0792. The van der Waals surface area contributed by atoms with E-state index in [1.807, 2.05) is 86.6 Å². The highest BCUT2D eigenvalue weighted by molar-refractivity contribution is 5.87. The van der Waals surface area contributed by atoms with Crippen molar-refractivity contribution >= 4 is 17.1 Å². The molecule has 120 valence electrons. The molecule has 3 aromatic rings. The lowest BCUT2D eigenvalue weighted by Gasteiger charge is -2.35. The van der Waals surface area contributed by atoms with Crippen LogP contribution in [-0.2, 0) is 5.60 Å². The minimum atomic E-state index is -0.946. The van der Waals surface area contributed by atoms with Crippen LogP contribution in [-0.4, -0.2) is 5.11 Å². The molecule has 0 amide bonds. The summed E-state index contributed by atoms with van der Waals surface area (Å²) in [6, 6.07) is 23.9. The van der Waals surface area contributed by atoms with Gasteiger partial charge >= 0.3 is 0 Å². The topological polar surface area (TPSA) is 32.7 Å². The van der Waals surface area contributed by atoms with Crippen LogP contribution in [0.4, 0.5) is 17.1 Å². The highest BCUT2D eigenvalue weighted by atomic mass is 16.5. The van der Waals surface area contributed by atoms with Gasteiger partial charge in [0.15, 0.2) is 11.5 Å². The van der Waals surface area contributed by atoms with Crippen LogP contribution >= 0.6 is 0 Å². The third-order valence-electron chi connectivity index (χ3n) is 4.24. The van der Waals surface area contributed by atoms with E-state index in [2.05, 4.69) is 4.90 Å². The van der Waals surface area contributed by atoms with Crippen LogP contribution in [0.15, 0.2) is 72.8 Å². The Morgan fingerprint density at radius 1 is 0.708 bits per heavy atom. The van der Waals surface area contributed by atoms with Crippen LogP contribution in [0.1, 0.15) is 19.4 Å². The molecule has 3 aromatic carbocycles. The normalized spacial score (nSPS) is 13.0. The molecule has 0 fully saturated rings. The number of rotatable bonds is 2. The van der Waals surface area contributed by atoms with Gasteiger partial charge in [0, 0.05) is 5.56 Å². The number of aliphatic hydroxyl groups is 1. The first-order valence-electron chi connectivity index (χ1n) is 8.03. The molecule has 0 radical (unpaired) electrons. The molecule has 1 heterocycles.